The first-order chi connectivity index (χ1) is 8.63. The zero-order valence-electron chi connectivity index (χ0n) is 11.5. The second kappa shape index (κ2) is 8.08. The minimum Gasteiger partial charge on any atom is -0.390 e. The zero-order chi connectivity index (χ0) is 13.4. The highest BCUT2D eigenvalue weighted by Gasteiger charge is 2.07. The number of nitrogens with zero attached hydrogens (tertiary/aromatic N) is 1. The van der Waals surface area contributed by atoms with E-state index < -0.39 is 0 Å². The first kappa shape index (κ1) is 15.0. The lowest BCUT2D eigenvalue weighted by Crippen LogP contribution is -2.31. The first-order valence-corrected chi connectivity index (χ1v) is 6.27. The fourth-order valence-electron chi connectivity index (χ4n) is 1.84. The van der Waals surface area contributed by atoms with Crippen molar-refractivity contribution in [3.63, 3.8) is 0 Å². The van der Waals surface area contributed by atoms with E-state index in [9.17, 15) is 5.11 Å². The van der Waals surface area contributed by atoms with E-state index in [2.05, 4.69) is 11.4 Å². The molecular weight excluding hydrogens is 228 g/mol. The van der Waals surface area contributed by atoms with Crippen LogP contribution in [0.3, 0.4) is 0 Å². The summed E-state index contributed by atoms with van der Waals surface area (Å²) in [6, 6.07) is 8.14. The number of ether oxygens (including phenoxy) is 1. The van der Waals surface area contributed by atoms with Gasteiger partial charge in [-0.05, 0) is 32.1 Å². The van der Waals surface area contributed by atoms with Gasteiger partial charge < -0.3 is 20.1 Å². The number of aliphatic hydroxyl groups excluding tert-OH is 1. The highest BCUT2D eigenvalue weighted by atomic mass is 16.5. The van der Waals surface area contributed by atoms with Crippen LogP contribution in [0.5, 0.6) is 0 Å². The van der Waals surface area contributed by atoms with E-state index in [0.29, 0.717) is 19.7 Å². The van der Waals surface area contributed by atoms with Gasteiger partial charge in [0.15, 0.2) is 0 Å². The van der Waals surface area contributed by atoms with Crippen molar-refractivity contribution >= 4 is 5.69 Å². The molecule has 0 bridgehead atoms. The molecule has 1 atom stereocenters. The molecule has 4 heteroatoms. The van der Waals surface area contributed by atoms with Crippen molar-refractivity contribution in [1.29, 1.82) is 0 Å². The molecule has 102 valence electrons. The van der Waals surface area contributed by atoms with Crippen LogP contribution in [0, 0.1) is 0 Å². The highest BCUT2D eigenvalue weighted by Crippen LogP contribution is 2.15. The van der Waals surface area contributed by atoms with Gasteiger partial charge in [0.25, 0.3) is 0 Å². The van der Waals surface area contributed by atoms with Gasteiger partial charge >= 0.3 is 0 Å². The van der Waals surface area contributed by atoms with E-state index >= 15 is 0 Å². The monoisotopic (exact) mass is 252 g/mol. The largest absolute Gasteiger partial charge is 0.390 e. The summed E-state index contributed by atoms with van der Waals surface area (Å²) >= 11 is 0. The Morgan fingerprint density at radius 3 is 2.72 bits per heavy atom. The Bertz CT molecular complexity index is 342. The van der Waals surface area contributed by atoms with Crippen molar-refractivity contribution in [2.45, 2.75) is 12.5 Å². The average molecular weight is 252 g/mol. The standard InChI is InChI=1S/C14H24N2O2/c1-16(2)11-13(17)10-15-14-7-5-4-6-12(14)8-9-18-3/h4-7,13,15,17H,8-11H2,1-3H3. The Balaban J connectivity index is 2.50. The lowest BCUT2D eigenvalue weighted by Gasteiger charge is -2.18. The van der Waals surface area contributed by atoms with Gasteiger partial charge in [-0.15, -0.1) is 0 Å². The summed E-state index contributed by atoms with van der Waals surface area (Å²) in [6.07, 6.45) is 0.513. The minimum atomic E-state index is -0.365. The Morgan fingerprint density at radius 1 is 1.33 bits per heavy atom. The SMILES string of the molecule is COCCc1ccccc1NCC(O)CN(C)C. The number of benzene rings is 1. The molecule has 0 aliphatic heterocycles. The molecule has 1 aromatic rings. The van der Waals surface area contributed by atoms with E-state index in [1.807, 2.05) is 37.2 Å². The van der Waals surface area contributed by atoms with Crippen LogP contribution in [0.4, 0.5) is 5.69 Å². The number of nitrogens with one attached hydrogen (secondary N) is 1. The average Bonchev–Trinajstić information content (AvgIpc) is 2.34. The molecule has 0 amide bonds. The number of rotatable bonds is 8. The lowest BCUT2D eigenvalue weighted by molar-refractivity contribution is 0.148. The van der Waals surface area contributed by atoms with Crippen molar-refractivity contribution in [2.24, 2.45) is 0 Å². The van der Waals surface area contributed by atoms with Crippen LogP contribution in [0.1, 0.15) is 5.56 Å². The molecule has 2 N–H and O–H groups in total. The van der Waals surface area contributed by atoms with Crippen LogP contribution in [-0.4, -0.2) is 57.0 Å². The third-order valence-corrected chi connectivity index (χ3v) is 2.70. The van der Waals surface area contributed by atoms with E-state index in [4.69, 9.17) is 4.74 Å². The molecule has 1 rings (SSSR count). The number of hydrogen-bond acceptors (Lipinski definition) is 4. The minimum absolute atomic E-state index is 0.365. The fraction of sp³-hybridized carbons (Fsp3) is 0.571. The summed E-state index contributed by atoms with van der Waals surface area (Å²) in [5.41, 5.74) is 2.30. The smallest absolute Gasteiger partial charge is 0.0838 e. The van der Waals surface area contributed by atoms with Crippen molar-refractivity contribution in [3.05, 3.63) is 29.8 Å². The lowest BCUT2D eigenvalue weighted by atomic mass is 10.1. The Morgan fingerprint density at radius 2 is 2.06 bits per heavy atom. The molecule has 0 fully saturated rings. The Kier molecular flexibility index (Phi) is 6.72. The second-order valence-corrected chi connectivity index (χ2v) is 4.70. The molecule has 0 aliphatic rings. The third-order valence-electron chi connectivity index (χ3n) is 2.70. The third kappa shape index (κ3) is 5.49. The summed E-state index contributed by atoms with van der Waals surface area (Å²) in [7, 11) is 5.61. The van der Waals surface area contributed by atoms with E-state index in [1.54, 1.807) is 7.11 Å². The molecule has 0 aliphatic carbocycles. The van der Waals surface area contributed by atoms with Crippen molar-refractivity contribution in [1.82, 2.24) is 4.90 Å². The summed E-state index contributed by atoms with van der Waals surface area (Å²) in [4.78, 5) is 1.98. The number of methoxy groups -OCH3 is 1. The zero-order valence-corrected chi connectivity index (χ0v) is 11.5. The van der Waals surface area contributed by atoms with Crippen LogP contribution in [0.15, 0.2) is 24.3 Å². The van der Waals surface area contributed by atoms with Crippen LogP contribution in [0.2, 0.25) is 0 Å². The van der Waals surface area contributed by atoms with Gasteiger partial charge in [-0.2, -0.15) is 0 Å². The number of anilines is 1. The molecule has 0 saturated carbocycles. The quantitative estimate of drug-likeness (QED) is 0.730. The molecule has 0 heterocycles. The maximum absolute atomic E-state index is 9.82. The summed E-state index contributed by atoms with van der Waals surface area (Å²) in [5, 5.41) is 13.1. The molecular formula is C14H24N2O2. The Hall–Kier alpha value is -1.10. The fourth-order valence-corrected chi connectivity index (χ4v) is 1.84. The van der Waals surface area contributed by atoms with Gasteiger partial charge in [0.05, 0.1) is 12.7 Å². The summed E-state index contributed by atoms with van der Waals surface area (Å²) in [5.74, 6) is 0. The summed E-state index contributed by atoms with van der Waals surface area (Å²) in [6.45, 7) is 1.92. The maximum atomic E-state index is 9.82. The number of hydrogen-bond donors (Lipinski definition) is 2. The topological polar surface area (TPSA) is 44.7 Å². The van der Waals surface area contributed by atoms with E-state index in [-0.39, 0.29) is 6.10 Å². The molecule has 18 heavy (non-hydrogen) atoms. The second-order valence-electron chi connectivity index (χ2n) is 4.70. The first-order valence-electron chi connectivity index (χ1n) is 6.27. The highest BCUT2D eigenvalue weighted by molar-refractivity contribution is 5.51. The summed E-state index contributed by atoms with van der Waals surface area (Å²) < 4.78 is 5.10. The van der Waals surface area contributed by atoms with Crippen LogP contribution >= 0.6 is 0 Å². The molecule has 0 spiro atoms. The van der Waals surface area contributed by atoms with E-state index in [1.165, 1.54) is 5.56 Å². The van der Waals surface area contributed by atoms with Crippen molar-refractivity contribution in [2.75, 3.05) is 46.2 Å². The molecule has 1 aromatic carbocycles. The predicted octanol–water partition coefficient (Wildman–Crippen LogP) is 1.21. The van der Waals surface area contributed by atoms with Gasteiger partial charge in [-0.1, -0.05) is 18.2 Å². The number of likely N-dealkylation sites (N-methyl/N-ethyl adjacent to an activating group) is 1. The van der Waals surface area contributed by atoms with Gasteiger partial charge in [-0.3, -0.25) is 0 Å². The van der Waals surface area contributed by atoms with Gasteiger partial charge in [-0.25, -0.2) is 0 Å². The van der Waals surface area contributed by atoms with Crippen LogP contribution < -0.4 is 5.32 Å². The maximum Gasteiger partial charge on any atom is 0.0838 e. The van der Waals surface area contributed by atoms with Crippen molar-refractivity contribution in [3.8, 4) is 0 Å². The number of para-hydroxylation sites is 1. The molecule has 0 aromatic heterocycles. The van der Waals surface area contributed by atoms with E-state index in [0.717, 1.165) is 12.1 Å². The van der Waals surface area contributed by atoms with Gasteiger partial charge in [0.2, 0.25) is 0 Å². The van der Waals surface area contributed by atoms with Gasteiger partial charge in [0, 0.05) is 25.9 Å². The number of aliphatic hydroxyl groups is 1. The normalized spacial score (nSPS) is 12.7. The Labute approximate surface area is 110 Å². The van der Waals surface area contributed by atoms with Crippen molar-refractivity contribution < 1.29 is 9.84 Å². The predicted molar refractivity (Wildman–Crippen MR) is 75.1 cm³/mol. The van der Waals surface area contributed by atoms with Crippen LogP contribution in [-0.2, 0) is 11.2 Å². The van der Waals surface area contributed by atoms with Gasteiger partial charge in [0.1, 0.15) is 0 Å². The molecule has 0 saturated heterocycles. The molecule has 0 radical (unpaired) electrons. The van der Waals surface area contributed by atoms with Crippen LogP contribution in [0.25, 0.3) is 0 Å². The molecule has 4 nitrogen and oxygen atoms in total. The molecule has 1 unspecified atom stereocenters.